The van der Waals surface area contributed by atoms with Crippen LogP contribution >= 0.6 is 11.6 Å². The molecular formula is C12H15ClFNO2. The summed E-state index contributed by atoms with van der Waals surface area (Å²) in [6, 6.07) is 4.17. The Balaban J connectivity index is 3.22. The minimum atomic E-state index is -1.03. The Labute approximate surface area is 105 Å². The van der Waals surface area contributed by atoms with Gasteiger partial charge in [0.05, 0.1) is 12.1 Å². The molecule has 0 saturated carbocycles. The largest absolute Gasteiger partial charge is 0.467 e. The zero-order chi connectivity index (χ0) is 13.1. The molecular weight excluding hydrogens is 245 g/mol. The molecule has 94 valence electrons. The fourth-order valence-electron chi connectivity index (χ4n) is 1.66. The van der Waals surface area contributed by atoms with Gasteiger partial charge in [-0.25, -0.2) is 9.18 Å². The third-order valence-corrected chi connectivity index (χ3v) is 2.91. The second-order valence-electron chi connectivity index (χ2n) is 3.78. The first-order chi connectivity index (χ1) is 7.95. The van der Waals surface area contributed by atoms with Crippen LogP contribution in [0.1, 0.15) is 19.4 Å². The number of hydrogen-bond acceptors (Lipinski definition) is 3. The van der Waals surface area contributed by atoms with E-state index < -0.39 is 17.3 Å². The third kappa shape index (κ3) is 2.76. The molecule has 1 unspecified atom stereocenters. The highest BCUT2D eigenvalue weighted by Crippen LogP contribution is 2.26. The van der Waals surface area contributed by atoms with E-state index in [9.17, 15) is 9.18 Å². The number of halogens is 2. The van der Waals surface area contributed by atoms with Crippen molar-refractivity contribution in [3.8, 4) is 0 Å². The summed E-state index contributed by atoms with van der Waals surface area (Å²) in [5, 5.41) is 3.00. The number of carbonyl (C=O) groups excluding carboxylic acids is 1. The van der Waals surface area contributed by atoms with Crippen molar-refractivity contribution in [2.45, 2.75) is 19.4 Å². The summed E-state index contributed by atoms with van der Waals surface area (Å²) in [5.74, 6) is -0.957. The van der Waals surface area contributed by atoms with Crippen molar-refractivity contribution in [2.75, 3.05) is 13.7 Å². The number of hydrogen-bond donors (Lipinski definition) is 1. The molecule has 0 aliphatic carbocycles. The van der Waals surface area contributed by atoms with E-state index in [1.807, 2.05) is 6.92 Å². The van der Waals surface area contributed by atoms with Crippen molar-refractivity contribution in [3.63, 3.8) is 0 Å². The molecule has 0 radical (unpaired) electrons. The zero-order valence-corrected chi connectivity index (χ0v) is 10.8. The second kappa shape index (κ2) is 5.47. The molecule has 1 rings (SSSR count). The van der Waals surface area contributed by atoms with Gasteiger partial charge in [-0.05, 0) is 31.2 Å². The van der Waals surface area contributed by atoms with Crippen LogP contribution in [-0.2, 0) is 15.1 Å². The molecule has 0 bridgehead atoms. The lowest BCUT2D eigenvalue weighted by Crippen LogP contribution is -2.47. The van der Waals surface area contributed by atoms with Gasteiger partial charge in [-0.1, -0.05) is 24.6 Å². The Kier molecular flexibility index (Phi) is 4.48. The van der Waals surface area contributed by atoms with Gasteiger partial charge >= 0.3 is 5.97 Å². The lowest BCUT2D eigenvalue weighted by atomic mass is 9.92. The first-order valence-corrected chi connectivity index (χ1v) is 5.62. The van der Waals surface area contributed by atoms with E-state index in [0.717, 1.165) is 0 Å². The third-order valence-electron chi connectivity index (χ3n) is 2.62. The number of rotatable bonds is 4. The quantitative estimate of drug-likeness (QED) is 0.845. The van der Waals surface area contributed by atoms with Gasteiger partial charge in [0.25, 0.3) is 0 Å². The zero-order valence-electron chi connectivity index (χ0n) is 10.0. The van der Waals surface area contributed by atoms with Gasteiger partial charge in [-0.2, -0.15) is 0 Å². The predicted octanol–water partition coefficient (Wildman–Crippen LogP) is 2.48. The summed E-state index contributed by atoms with van der Waals surface area (Å²) >= 11 is 5.71. The highest BCUT2D eigenvalue weighted by Gasteiger charge is 2.35. The summed E-state index contributed by atoms with van der Waals surface area (Å²) < 4.78 is 17.8. The summed E-state index contributed by atoms with van der Waals surface area (Å²) in [4.78, 5) is 11.8. The molecule has 0 aromatic heterocycles. The molecule has 5 heteroatoms. The van der Waals surface area contributed by atoms with E-state index in [4.69, 9.17) is 16.3 Å². The van der Waals surface area contributed by atoms with E-state index >= 15 is 0 Å². The highest BCUT2D eigenvalue weighted by atomic mass is 35.5. The lowest BCUT2D eigenvalue weighted by molar-refractivity contribution is -0.148. The molecule has 0 saturated heterocycles. The van der Waals surface area contributed by atoms with Gasteiger partial charge in [0.15, 0.2) is 0 Å². The Morgan fingerprint density at radius 2 is 2.24 bits per heavy atom. The molecule has 17 heavy (non-hydrogen) atoms. The predicted molar refractivity (Wildman–Crippen MR) is 64.5 cm³/mol. The van der Waals surface area contributed by atoms with E-state index in [2.05, 4.69) is 5.32 Å². The van der Waals surface area contributed by atoms with Crippen LogP contribution < -0.4 is 5.32 Å². The molecule has 0 aliphatic rings. The molecule has 1 atom stereocenters. The van der Waals surface area contributed by atoms with Crippen LogP contribution in [0.5, 0.6) is 0 Å². The van der Waals surface area contributed by atoms with E-state index in [0.29, 0.717) is 12.1 Å². The van der Waals surface area contributed by atoms with Gasteiger partial charge in [-0.3, -0.25) is 5.32 Å². The Bertz CT molecular complexity index is 425. The van der Waals surface area contributed by atoms with Crippen molar-refractivity contribution in [1.82, 2.24) is 5.32 Å². The van der Waals surface area contributed by atoms with Crippen LogP contribution in [0.4, 0.5) is 4.39 Å². The van der Waals surface area contributed by atoms with Crippen molar-refractivity contribution in [3.05, 3.63) is 34.6 Å². The normalized spacial score (nSPS) is 14.2. The number of likely N-dealkylation sites (N-methyl/N-ethyl adjacent to an activating group) is 1. The molecule has 0 heterocycles. The van der Waals surface area contributed by atoms with Crippen LogP contribution in [-0.4, -0.2) is 19.6 Å². The maximum atomic E-state index is 13.1. The van der Waals surface area contributed by atoms with Crippen molar-refractivity contribution < 1.29 is 13.9 Å². The number of esters is 1. The molecule has 1 aromatic rings. The lowest BCUT2D eigenvalue weighted by Gasteiger charge is -2.28. The molecule has 0 fully saturated rings. The molecule has 1 aromatic carbocycles. The molecule has 0 amide bonds. The average molecular weight is 260 g/mol. The van der Waals surface area contributed by atoms with Crippen LogP contribution in [0.15, 0.2) is 18.2 Å². The maximum absolute atomic E-state index is 13.1. The first-order valence-electron chi connectivity index (χ1n) is 5.24. The second-order valence-corrected chi connectivity index (χ2v) is 4.18. The van der Waals surface area contributed by atoms with E-state index in [1.165, 1.54) is 25.3 Å². The number of benzene rings is 1. The number of methoxy groups -OCH3 is 1. The summed E-state index contributed by atoms with van der Waals surface area (Å²) in [7, 11) is 1.31. The summed E-state index contributed by atoms with van der Waals surface area (Å²) in [5.41, 5.74) is -0.460. The molecule has 0 spiro atoms. The Hall–Kier alpha value is -1.13. The molecule has 3 nitrogen and oxygen atoms in total. The fraction of sp³-hybridized carbons (Fsp3) is 0.417. The van der Waals surface area contributed by atoms with Crippen molar-refractivity contribution >= 4 is 17.6 Å². The monoisotopic (exact) mass is 259 g/mol. The average Bonchev–Trinajstić information content (AvgIpc) is 2.31. The van der Waals surface area contributed by atoms with Crippen molar-refractivity contribution in [1.29, 1.82) is 0 Å². The van der Waals surface area contributed by atoms with Crippen molar-refractivity contribution in [2.24, 2.45) is 0 Å². The smallest absolute Gasteiger partial charge is 0.330 e. The van der Waals surface area contributed by atoms with Gasteiger partial charge in [0.1, 0.15) is 11.4 Å². The van der Waals surface area contributed by atoms with E-state index in [-0.39, 0.29) is 5.02 Å². The molecule has 1 N–H and O–H groups in total. The summed E-state index contributed by atoms with van der Waals surface area (Å²) in [6.45, 7) is 4.11. The SMILES string of the molecule is CCNC(C)(C(=O)OC)c1ccc(F)c(Cl)c1. The fourth-order valence-corrected chi connectivity index (χ4v) is 1.84. The topological polar surface area (TPSA) is 38.3 Å². The molecule has 0 aliphatic heterocycles. The summed E-state index contributed by atoms with van der Waals surface area (Å²) in [6.07, 6.45) is 0. The maximum Gasteiger partial charge on any atom is 0.330 e. The minimum Gasteiger partial charge on any atom is -0.467 e. The first kappa shape index (κ1) is 13.9. The van der Waals surface area contributed by atoms with Crippen LogP contribution in [0.3, 0.4) is 0 Å². The number of carbonyl (C=O) groups is 1. The highest BCUT2D eigenvalue weighted by molar-refractivity contribution is 6.30. The minimum absolute atomic E-state index is 0.0180. The van der Waals surface area contributed by atoms with E-state index in [1.54, 1.807) is 6.92 Å². The van der Waals surface area contributed by atoms with Gasteiger partial charge < -0.3 is 4.74 Å². The Morgan fingerprint density at radius 3 is 2.71 bits per heavy atom. The Morgan fingerprint density at radius 1 is 1.59 bits per heavy atom. The van der Waals surface area contributed by atoms with Crippen LogP contribution in [0, 0.1) is 5.82 Å². The number of ether oxygens (including phenoxy) is 1. The van der Waals surface area contributed by atoms with Crippen LogP contribution in [0.25, 0.3) is 0 Å². The van der Waals surface area contributed by atoms with Gasteiger partial charge in [-0.15, -0.1) is 0 Å². The van der Waals surface area contributed by atoms with Gasteiger partial charge in [0, 0.05) is 0 Å². The van der Waals surface area contributed by atoms with Crippen LogP contribution in [0.2, 0.25) is 5.02 Å². The number of nitrogens with one attached hydrogen (secondary N) is 1. The standard InChI is InChI=1S/C12H15ClFNO2/c1-4-15-12(2,11(16)17-3)8-5-6-10(14)9(13)7-8/h5-7,15H,4H2,1-3H3. The van der Waals surface area contributed by atoms with Gasteiger partial charge in [0.2, 0.25) is 0 Å².